The largest absolute Gasteiger partial charge is 0.744 e. The highest BCUT2D eigenvalue weighted by molar-refractivity contribution is 7.85. The molecule has 6 heteroatoms. The molecule has 1 aromatic rings. The molecular formula is C20H37NO4S. The highest BCUT2D eigenvalue weighted by atomic mass is 32.2. The summed E-state index contributed by atoms with van der Waals surface area (Å²) in [5, 5.41) is 7.81. The molecule has 0 aliphatic rings. The zero-order chi connectivity index (χ0) is 19.7. The lowest BCUT2D eigenvalue weighted by Gasteiger charge is -2.12. The first-order valence-corrected chi connectivity index (χ1v) is 11.3. The van der Waals surface area contributed by atoms with Gasteiger partial charge in [-0.15, -0.1) is 0 Å². The molecule has 0 unspecified atom stereocenters. The molecule has 4 N–H and O–H groups in total. The van der Waals surface area contributed by atoms with Crippen LogP contribution in [-0.4, -0.2) is 31.2 Å². The van der Waals surface area contributed by atoms with Gasteiger partial charge in [-0.1, -0.05) is 82.9 Å². The maximum absolute atomic E-state index is 11.2. The van der Waals surface area contributed by atoms with Gasteiger partial charge in [-0.3, -0.25) is 0 Å². The van der Waals surface area contributed by atoms with E-state index < -0.39 is 10.1 Å². The van der Waals surface area contributed by atoms with Crippen LogP contribution >= 0.6 is 0 Å². The van der Waals surface area contributed by atoms with Crippen molar-refractivity contribution in [2.24, 2.45) is 0 Å². The van der Waals surface area contributed by atoms with Crippen LogP contribution in [0.15, 0.2) is 29.2 Å². The first-order chi connectivity index (χ1) is 12.5. The van der Waals surface area contributed by atoms with Crippen molar-refractivity contribution in [3.63, 3.8) is 0 Å². The van der Waals surface area contributed by atoms with E-state index in [0.29, 0.717) is 18.5 Å². The summed E-state index contributed by atoms with van der Waals surface area (Å²) < 4.78 is 33.5. The number of hydrogen-bond donors (Lipinski definition) is 2. The van der Waals surface area contributed by atoms with Gasteiger partial charge in [0.05, 0.1) is 18.0 Å². The molecule has 0 fully saturated rings. The lowest BCUT2D eigenvalue weighted by Crippen LogP contribution is -2.51. The Labute approximate surface area is 159 Å². The van der Waals surface area contributed by atoms with Crippen molar-refractivity contribution in [1.29, 1.82) is 0 Å². The quantitative estimate of drug-likeness (QED) is 0.400. The Morgan fingerprint density at radius 1 is 0.923 bits per heavy atom. The first kappa shape index (κ1) is 25.1. The molecule has 0 aliphatic carbocycles. The van der Waals surface area contributed by atoms with Gasteiger partial charge in [0.2, 0.25) is 0 Å². The second kappa shape index (κ2) is 16.2. The maximum Gasteiger partial charge on any atom is 0.124 e. The molecule has 5 nitrogen and oxygen atoms in total. The van der Waals surface area contributed by atoms with Crippen molar-refractivity contribution in [2.75, 3.05) is 13.2 Å². The number of hydrogen-bond acceptors (Lipinski definition) is 4. The Bertz CT molecular complexity index is 544. The molecule has 0 atom stereocenters. The molecule has 0 heterocycles. The minimum atomic E-state index is -4.35. The summed E-state index contributed by atoms with van der Waals surface area (Å²) in [6.07, 6.45) is 13.2. The van der Waals surface area contributed by atoms with Crippen LogP contribution < -0.4 is 5.73 Å². The number of aryl methyl sites for hydroxylation is 1. The lowest BCUT2D eigenvalue weighted by molar-refractivity contribution is -0.372. The molecular weight excluding hydrogens is 350 g/mol. The fourth-order valence-electron chi connectivity index (χ4n) is 2.76. The van der Waals surface area contributed by atoms with E-state index in [1.54, 1.807) is 18.2 Å². The Morgan fingerprint density at radius 3 is 1.85 bits per heavy atom. The van der Waals surface area contributed by atoms with Gasteiger partial charge in [0, 0.05) is 0 Å². The average Bonchev–Trinajstić information content (AvgIpc) is 2.63. The van der Waals surface area contributed by atoms with Crippen LogP contribution in [-0.2, 0) is 16.5 Å². The Morgan fingerprint density at radius 2 is 1.38 bits per heavy atom. The second-order valence-corrected chi connectivity index (χ2v) is 7.92. The van der Waals surface area contributed by atoms with Crippen LogP contribution in [0.4, 0.5) is 0 Å². The fraction of sp³-hybridized carbons (Fsp3) is 0.700. The van der Waals surface area contributed by atoms with E-state index in [9.17, 15) is 13.0 Å². The fourth-order valence-corrected chi connectivity index (χ4v) is 3.49. The molecule has 0 amide bonds. The summed E-state index contributed by atoms with van der Waals surface area (Å²) in [5.41, 5.74) is 4.02. The van der Waals surface area contributed by atoms with Crippen molar-refractivity contribution in [1.82, 2.24) is 0 Å². The van der Waals surface area contributed by atoms with Gasteiger partial charge < -0.3 is 15.4 Å². The van der Waals surface area contributed by atoms with Gasteiger partial charge in [0.15, 0.2) is 0 Å². The Hall–Kier alpha value is -0.950. The number of benzene rings is 1. The third-order valence-corrected chi connectivity index (χ3v) is 5.14. The van der Waals surface area contributed by atoms with Crippen molar-refractivity contribution >= 4 is 10.1 Å². The highest BCUT2D eigenvalue weighted by Gasteiger charge is 2.07. The van der Waals surface area contributed by atoms with Gasteiger partial charge in [0.1, 0.15) is 10.1 Å². The molecule has 0 saturated heterocycles. The predicted octanol–water partition coefficient (Wildman–Crippen LogP) is 3.27. The van der Waals surface area contributed by atoms with Crippen LogP contribution in [0.2, 0.25) is 0 Å². The monoisotopic (exact) mass is 387 g/mol. The summed E-state index contributed by atoms with van der Waals surface area (Å²) in [4.78, 5) is -0.0501. The lowest BCUT2D eigenvalue weighted by atomic mass is 10.0. The first-order valence-electron chi connectivity index (χ1n) is 9.91. The summed E-state index contributed by atoms with van der Waals surface area (Å²) >= 11 is 0. The normalized spacial score (nSPS) is 11.1. The smallest absolute Gasteiger partial charge is 0.124 e. The number of quaternary nitrogens is 1. The minimum Gasteiger partial charge on any atom is -0.744 e. The molecule has 1 aromatic carbocycles. The van der Waals surface area contributed by atoms with Crippen molar-refractivity contribution in [2.45, 2.75) is 82.4 Å². The van der Waals surface area contributed by atoms with E-state index >= 15 is 0 Å². The van der Waals surface area contributed by atoms with Crippen LogP contribution in [0.25, 0.3) is 0 Å². The van der Waals surface area contributed by atoms with E-state index in [-0.39, 0.29) is 11.5 Å². The zero-order valence-corrected chi connectivity index (χ0v) is 17.1. The summed E-state index contributed by atoms with van der Waals surface area (Å²) in [5.74, 6) is 0. The Balaban J connectivity index is 0.00000141. The van der Waals surface area contributed by atoms with E-state index in [2.05, 4.69) is 12.7 Å². The standard InChI is InChI=1S/C18H30O3S.C2H7NO/c1-2-3-4-5-6-7-8-9-10-11-14-17-15-12-13-16-18(17)22(19,20)21;3-1-2-4/h12-13,15-16H,2-11,14H2,1H3,(H,19,20,21);4H,1-3H2. The van der Waals surface area contributed by atoms with Crippen molar-refractivity contribution in [3.8, 4) is 0 Å². The molecule has 0 aromatic heterocycles. The SMILES string of the molecule is CCCCCCCCCCCCc1ccccc1S(=O)(=O)[O-].[NH3+]CCO. The van der Waals surface area contributed by atoms with Gasteiger partial charge >= 0.3 is 0 Å². The van der Waals surface area contributed by atoms with Gasteiger partial charge in [-0.05, 0) is 24.5 Å². The highest BCUT2D eigenvalue weighted by Crippen LogP contribution is 2.18. The van der Waals surface area contributed by atoms with E-state index in [0.717, 1.165) is 12.8 Å². The molecule has 0 aliphatic heterocycles. The summed E-state index contributed by atoms with van der Waals surface area (Å²) in [6, 6.07) is 6.56. The third kappa shape index (κ3) is 13.3. The van der Waals surface area contributed by atoms with Gasteiger partial charge in [0.25, 0.3) is 0 Å². The van der Waals surface area contributed by atoms with Crippen molar-refractivity contribution in [3.05, 3.63) is 29.8 Å². The molecule has 1 rings (SSSR count). The third-order valence-electron chi connectivity index (χ3n) is 4.20. The van der Waals surface area contributed by atoms with Crippen LogP contribution in [0.5, 0.6) is 0 Å². The molecule has 152 valence electrons. The topological polar surface area (TPSA) is 105 Å². The predicted molar refractivity (Wildman–Crippen MR) is 105 cm³/mol. The van der Waals surface area contributed by atoms with Gasteiger partial charge in [-0.2, -0.15) is 0 Å². The second-order valence-electron chi connectivity index (χ2n) is 6.57. The van der Waals surface area contributed by atoms with Crippen LogP contribution in [0.1, 0.15) is 76.7 Å². The number of unbranched alkanes of at least 4 members (excludes halogenated alkanes) is 9. The molecule has 0 saturated carbocycles. The molecule has 0 spiro atoms. The maximum atomic E-state index is 11.2. The van der Waals surface area contributed by atoms with Crippen molar-refractivity contribution < 1.29 is 23.8 Å². The molecule has 0 radical (unpaired) electrons. The van der Waals surface area contributed by atoms with Crippen LogP contribution in [0.3, 0.4) is 0 Å². The summed E-state index contributed by atoms with van der Waals surface area (Å²) in [7, 11) is -4.35. The summed E-state index contributed by atoms with van der Waals surface area (Å²) in [6.45, 7) is 3.07. The van der Waals surface area contributed by atoms with E-state index in [4.69, 9.17) is 5.11 Å². The van der Waals surface area contributed by atoms with Crippen LogP contribution in [0, 0.1) is 0 Å². The molecule has 26 heavy (non-hydrogen) atoms. The van der Waals surface area contributed by atoms with E-state index in [1.165, 1.54) is 57.4 Å². The average molecular weight is 388 g/mol. The number of rotatable bonds is 13. The Kier molecular flexibility index (Phi) is 15.6. The van der Waals surface area contributed by atoms with Gasteiger partial charge in [-0.25, -0.2) is 8.42 Å². The number of aliphatic hydroxyl groups is 1. The zero-order valence-electron chi connectivity index (χ0n) is 16.3. The van der Waals surface area contributed by atoms with E-state index in [1.807, 2.05) is 0 Å². The minimum absolute atomic E-state index is 0.0501. The number of aliphatic hydroxyl groups excluding tert-OH is 1. The molecule has 0 bridgehead atoms.